The van der Waals surface area contributed by atoms with Crippen molar-refractivity contribution in [2.24, 2.45) is 0 Å². The van der Waals surface area contributed by atoms with Gasteiger partial charge in [-0.1, -0.05) is 19.9 Å². The first-order valence-corrected chi connectivity index (χ1v) is 8.31. The van der Waals surface area contributed by atoms with Crippen molar-refractivity contribution in [1.29, 1.82) is 0 Å². The summed E-state index contributed by atoms with van der Waals surface area (Å²) in [7, 11) is 0. The van der Waals surface area contributed by atoms with Crippen LogP contribution in [0.2, 0.25) is 0 Å². The summed E-state index contributed by atoms with van der Waals surface area (Å²) in [5, 5.41) is 4.08. The number of thioether (sulfide) groups is 1. The van der Waals surface area contributed by atoms with Gasteiger partial charge in [-0.15, -0.1) is 0 Å². The SMILES string of the molecule is CCCNc1cccc(CN2CCSC(C)C2C)n1. The van der Waals surface area contributed by atoms with Crippen molar-refractivity contribution < 1.29 is 0 Å². The normalized spacial score (nSPS) is 24.4. The van der Waals surface area contributed by atoms with Crippen molar-refractivity contribution in [3.63, 3.8) is 0 Å². The van der Waals surface area contributed by atoms with E-state index in [0.717, 1.165) is 30.6 Å². The fourth-order valence-corrected chi connectivity index (χ4v) is 3.51. The number of hydrogen-bond donors (Lipinski definition) is 1. The molecule has 2 rings (SSSR count). The molecule has 1 fully saturated rings. The highest BCUT2D eigenvalue weighted by atomic mass is 32.2. The molecule has 1 aliphatic rings. The van der Waals surface area contributed by atoms with Crippen molar-refractivity contribution in [2.45, 2.75) is 45.0 Å². The van der Waals surface area contributed by atoms with Gasteiger partial charge < -0.3 is 5.32 Å². The fourth-order valence-electron chi connectivity index (χ4n) is 2.35. The van der Waals surface area contributed by atoms with E-state index in [-0.39, 0.29) is 0 Å². The second kappa shape index (κ2) is 7.15. The lowest BCUT2D eigenvalue weighted by atomic mass is 10.2. The van der Waals surface area contributed by atoms with E-state index in [2.05, 4.69) is 60.9 Å². The van der Waals surface area contributed by atoms with Crippen LogP contribution in [0.1, 0.15) is 32.9 Å². The molecule has 19 heavy (non-hydrogen) atoms. The second-order valence-electron chi connectivity index (χ2n) is 5.23. The van der Waals surface area contributed by atoms with Gasteiger partial charge in [-0.25, -0.2) is 4.98 Å². The molecule has 0 spiro atoms. The summed E-state index contributed by atoms with van der Waals surface area (Å²) < 4.78 is 0. The quantitative estimate of drug-likeness (QED) is 0.895. The molecule has 4 heteroatoms. The van der Waals surface area contributed by atoms with Crippen LogP contribution in [-0.2, 0) is 6.54 Å². The summed E-state index contributed by atoms with van der Waals surface area (Å²) in [6.45, 7) is 9.96. The van der Waals surface area contributed by atoms with Crippen LogP contribution < -0.4 is 5.32 Å². The lowest BCUT2D eigenvalue weighted by Crippen LogP contribution is -2.44. The predicted octanol–water partition coefficient (Wildman–Crippen LogP) is 3.23. The summed E-state index contributed by atoms with van der Waals surface area (Å²) in [5.41, 5.74) is 1.17. The van der Waals surface area contributed by atoms with E-state index in [9.17, 15) is 0 Å². The average molecular weight is 279 g/mol. The van der Waals surface area contributed by atoms with Gasteiger partial charge >= 0.3 is 0 Å². The third-order valence-corrected chi connectivity index (χ3v) is 5.08. The molecule has 1 aromatic heterocycles. The van der Waals surface area contributed by atoms with E-state index < -0.39 is 0 Å². The van der Waals surface area contributed by atoms with Crippen LogP contribution in [-0.4, -0.2) is 40.0 Å². The first-order chi connectivity index (χ1) is 9.20. The molecule has 2 heterocycles. The van der Waals surface area contributed by atoms with Crippen molar-refractivity contribution >= 4 is 17.6 Å². The molecule has 106 valence electrons. The van der Waals surface area contributed by atoms with Crippen LogP contribution in [0.3, 0.4) is 0 Å². The predicted molar refractivity (Wildman–Crippen MR) is 84.8 cm³/mol. The highest BCUT2D eigenvalue weighted by molar-refractivity contribution is 8.00. The van der Waals surface area contributed by atoms with Crippen molar-refractivity contribution in [3.05, 3.63) is 23.9 Å². The molecule has 0 saturated carbocycles. The Morgan fingerprint density at radius 1 is 1.42 bits per heavy atom. The Hall–Kier alpha value is -0.740. The first kappa shape index (κ1) is 14.7. The van der Waals surface area contributed by atoms with Gasteiger partial charge in [0.05, 0.1) is 5.69 Å². The Morgan fingerprint density at radius 3 is 3.05 bits per heavy atom. The van der Waals surface area contributed by atoms with Crippen LogP contribution in [0, 0.1) is 0 Å². The van der Waals surface area contributed by atoms with Gasteiger partial charge in [-0.3, -0.25) is 4.90 Å². The zero-order valence-electron chi connectivity index (χ0n) is 12.2. The number of rotatable bonds is 5. The topological polar surface area (TPSA) is 28.2 Å². The zero-order chi connectivity index (χ0) is 13.7. The van der Waals surface area contributed by atoms with Crippen molar-refractivity contribution in [2.75, 3.05) is 24.2 Å². The van der Waals surface area contributed by atoms with Crippen LogP contribution in [0.15, 0.2) is 18.2 Å². The monoisotopic (exact) mass is 279 g/mol. The summed E-state index contributed by atoms with van der Waals surface area (Å²) in [4.78, 5) is 7.25. The number of aromatic nitrogens is 1. The largest absolute Gasteiger partial charge is 0.370 e. The first-order valence-electron chi connectivity index (χ1n) is 7.26. The van der Waals surface area contributed by atoms with Crippen LogP contribution in [0.25, 0.3) is 0 Å². The zero-order valence-corrected chi connectivity index (χ0v) is 13.0. The van der Waals surface area contributed by atoms with Gasteiger partial charge in [0.1, 0.15) is 5.82 Å². The van der Waals surface area contributed by atoms with Crippen LogP contribution in [0.4, 0.5) is 5.82 Å². The molecule has 1 aliphatic heterocycles. The Labute approximate surface area is 121 Å². The highest BCUT2D eigenvalue weighted by Gasteiger charge is 2.25. The van der Waals surface area contributed by atoms with E-state index in [0.29, 0.717) is 6.04 Å². The second-order valence-corrected chi connectivity index (χ2v) is 6.71. The van der Waals surface area contributed by atoms with Crippen molar-refractivity contribution in [3.8, 4) is 0 Å². The van der Waals surface area contributed by atoms with Gasteiger partial charge in [0.15, 0.2) is 0 Å². The molecule has 1 saturated heterocycles. The van der Waals surface area contributed by atoms with E-state index in [1.54, 1.807) is 0 Å². The van der Waals surface area contributed by atoms with Gasteiger partial charge in [0.25, 0.3) is 0 Å². The number of hydrogen-bond acceptors (Lipinski definition) is 4. The summed E-state index contributed by atoms with van der Waals surface area (Å²) in [5.74, 6) is 2.24. The van der Waals surface area contributed by atoms with Gasteiger partial charge in [-0.05, 0) is 25.5 Å². The number of nitrogens with zero attached hydrogens (tertiary/aromatic N) is 2. The Morgan fingerprint density at radius 2 is 2.26 bits per heavy atom. The Bertz CT molecular complexity index is 397. The van der Waals surface area contributed by atoms with E-state index in [1.165, 1.54) is 18.0 Å². The molecule has 0 aromatic carbocycles. The molecule has 2 atom stereocenters. The lowest BCUT2D eigenvalue weighted by Gasteiger charge is -2.37. The molecule has 1 N–H and O–H groups in total. The molecule has 0 bridgehead atoms. The minimum atomic E-state index is 0.632. The molecule has 3 nitrogen and oxygen atoms in total. The molecule has 0 radical (unpaired) electrons. The molecule has 2 unspecified atom stereocenters. The maximum absolute atomic E-state index is 4.70. The maximum Gasteiger partial charge on any atom is 0.126 e. The number of pyridine rings is 1. The highest BCUT2D eigenvalue weighted by Crippen LogP contribution is 2.25. The smallest absolute Gasteiger partial charge is 0.126 e. The summed E-state index contributed by atoms with van der Waals surface area (Å²) in [6, 6.07) is 6.92. The maximum atomic E-state index is 4.70. The molecular formula is C15H25N3S. The van der Waals surface area contributed by atoms with Gasteiger partial charge in [-0.2, -0.15) is 11.8 Å². The average Bonchev–Trinajstić information content (AvgIpc) is 2.42. The molecular weight excluding hydrogens is 254 g/mol. The Balaban J connectivity index is 1.98. The van der Waals surface area contributed by atoms with Crippen molar-refractivity contribution in [1.82, 2.24) is 9.88 Å². The fraction of sp³-hybridized carbons (Fsp3) is 0.667. The van der Waals surface area contributed by atoms with E-state index in [1.807, 2.05) is 0 Å². The summed E-state index contributed by atoms with van der Waals surface area (Å²) in [6.07, 6.45) is 1.13. The Kier molecular flexibility index (Phi) is 5.52. The van der Waals surface area contributed by atoms with E-state index >= 15 is 0 Å². The third kappa shape index (κ3) is 4.11. The molecule has 0 aliphatic carbocycles. The van der Waals surface area contributed by atoms with Crippen LogP contribution in [0.5, 0.6) is 0 Å². The molecule has 0 amide bonds. The standard InChI is InChI=1S/C15H25N3S/c1-4-8-16-15-7-5-6-14(17-15)11-18-9-10-19-13(3)12(18)2/h5-7,12-13H,4,8-11H2,1-3H3,(H,16,17). The lowest BCUT2D eigenvalue weighted by molar-refractivity contribution is 0.202. The van der Waals surface area contributed by atoms with Gasteiger partial charge in [0.2, 0.25) is 0 Å². The minimum absolute atomic E-state index is 0.632. The van der Waals surface area contributed by atoms with E-state index in [4.69, 9.17) is 4.98 Å². The third-order valence-electron chi connectivity index (χ3n) is 3.74. The number of nitrogens with one attached hydrogen (secondary N) is 1. The number of anilines is 1. The summed E-state index contributed by atoms with van der Waals surface area (Å²) >= 11 is 2.08. The van der Waals surface area contributed by atoms with Gasteiger partial charge in [0, 0.05) is 36.7 Å². The van der Waals surface area contributed by atoms with Crippen LogP contribution >= 0.6 is 11.8 Å². The minimum Gasteiger partial charge on any atom is -0.370 e. The molecule has 1 aromatic rings.